The average Bonchev–Trinajstić information content (AvgIpc) is 2.43. The summed E-state index contributed by atoms with van der Waals surface area (Å²) in [5, 5.41) is 3.28. The van der Waals surface area contributed by atoms with Crippen LogP contribution in [0.25, 0.3) is 0 Å². The van der Waals surface area contributed by atoms with Gasteiger partial charge in [0.1, 0.15) is 6.61 Å². The lowest BCUT2D eigenvalue weighted by Crippen LogP contribution is -2.38. The Balaban J connectivity index is 1.68. The summed E-state index contributed by atoms with van der Waals surface area (Å²) in [7, 11) is 0. The van der Waals surface area contributed by atoms with Gasteiger partial charge in [-0.2, -0.15) is 0 Å². The number of nitrogens with zero attached hydrogens (tertiary/aromatic N) is 1. The van der Waals surface area contributed by atoms with Crippen molar-refractivity contribution in [1.29, 1.82) is 0 Å². The van der Waals surface area contributed by atoms with Gasteiger partial charge in [-0.3, -0.25) is 4.79 Å². The summed E-state index contributed by atoms with van der Waals surface area (Å²) >= 11 is 0. The number of rotatable bonds is 3. The molecule has 1 N–H and O–H groups in total. The van der Waals surface area contributed by atoms with Crippen LogP contribution in [0.5, 0.6) is 0 Å². The van der Waals surface area contributed by atoms with E-state index in [1.165, 1.54) is 6.42 Å². The van der Waals surface area contributed by atoms with Crippen LogP contribution in [0.15, 0.2) is 0 Å². The second-order valence-corrected chi connectivity index (χ2v) is 4.35. The maximum absolute atomic E-state index is 11.8. The monoisotopic (exact) mass is 212 g/mol. The number of hydrogen-bond acceptors (Lipinski definition) is 3. The van der Waals surface area contributed by atoms with E-state index in [4.69, 9.17) is 4.74 Å². The Bertz CT molecular complexity index is 209. The van der Waals surface area contributed by atoms with Gasteiger partial charge in [0, 0.05) is 19.6 Å². The predicted molar refractivity (Wildman–Crippen MR) is 57.7 cm³/mol. The molecular formula is C11H20N2O2. The highest BCUT2D eigenvalue weighted by molar-refractivity contribution is 5.77. The van der Waals surface area contributed by atoms with E-state index in [0.29, 0.717) is 6.10 Å². The molecule has 0 aromatic rings. The molecule has 4 nitrogen and oxygen atoms in total. The highest BCUT2D eigenvalue weighted by Crippen LogP contribution is 2.21. The molecule has 0 spiro atoms. The zero-order valence-corrected chi connectivity index (χ0v) is 9.21. The highest BCUT2D eigenvalue weighted by Gasteiger charge is 2.21. The quantitative estimate of drug-likeness (QED) is 0.735. The van der Waals surface area contributed by atoms with E-state index < -0.39 is 0 Å². The van der Waals surface area contributed by atoms with E-state index in [2.05, 4.69) is 5.32 Å². The van der Waals surface area contributed by atoms with Crippen LogP contribution in [0, 0.1) is 0 Å². The molecule has 1 aliphatic carbocycles. The summed E-state index contributed by atoms with van der Waals surface area (Å²) in [6.07, 6.45) is 4.93. The minimum atomic E-state index is 0.158. The molecule has 2 aliphatic rings. The van der Waals surface area contributed by atoms with Crippen LogP contribution >= 0.6 is 0 Å². The lowest BCUT2D eigenvalue weighted by Gasteiger charge is -2.27. The molecule has 1 aliphatic heterocycles. The SMILES string of the molecule is O=C(COC1CCC1)N1CCCNCC1. The Hall–Kier alpha value is -0.610. The summed E-state index contributed by atoms with van der Waals surface area (Å²) in [6, 6.07) is 0. The fraction of sp³-hybridized carbons (Fsp3) is 0.909. The third-order valence-electron chi connectivity index (χ3n) is 3.19. The molecule has 2 fully saturated rings. The Kier molecular flexibility index (Phi) is 3.97. The van der Waals surface area contributed by atoms with Crippen LogP contribution in [0.4, 0.5) is 0 Å². The lowest BCUT2D eigenvalue weighted by molar-refractivity contribution is -0.139. The van der Waals surface area contributed by atoms with Gasteiger partial charge in [-0.25, -0.2) is 0 Å². The van der Waals surface area contributed by atoms with Crippen molar-refractivity contribution in [1.82, 2.24) is 10.2 Å². The Morgan fingerprint density at radius 1 is 1.27 bits per heavy atom. The maximum atomic E-state index is 11.8. The van der Waals surface area contributed by atoms with Gasteiger partial charge in [-0.1, -0.05) is 0 Å². The van der Waals surface area contributed by atoms with E-state index in [-0.39, 0.29) is 12.5 Å². The van der Waals surface area contributed by atoms with Crippen molar-refractivity contribution in [2.45, 2.75) is 31.8 Å². The summed E-state index contributed by atoms with van der Waals surface area (Å²) in [5.41, 5.74) is 0. The van der Waals surface area contributed by atoms with E-state index in [1.807, 2.05) is 4.90 Å². The number of ether oxygens (including phenoxy) is 1. The summed E-state index contributed by atoms with van der Waals surface area (Å²) in [4.78, 5) is 13.7. The number of carbonyl (C=O) groups is 1. The van der Waals surface area contributed by atoms with Gasteiger partial charge in [-0.05, 0) is 32.2 Å². The van der Waals surface area contributed by atoms with E-state index in [0.717, 1.165) is 45.4 Å². The molecule has 0 aromatic heterocycles. The van der Waals surface area contributed by atoms with Crippen molar-refractivity contribution in [2.75, 3.05) is 32.8 Å². The van der Waals surface area contributed by atoms with Gasteiger partial charge in [0.15, 0.2) is 0 Å². The van der Waals surface area contributed by atoms with Gasteiger partial charge in [-0.15, -0.1) is 0 Å². The third-order valence-corrected chi connectivity index (χ3v) is 3.19. The van der Waals surface area contributed by atoms with Crippen molar-refractivity contribution in [3.8, 4) is 0 Å². The van der Waals surface area contributed by atoms with E-state index in [1.54, 1.807) is 0 Å². The fourth-order valence-corrected chi connectivity index (χ4v) is 1.91. The first-order chi connectivity index (χ1) is 7.36. The average molecular weight is 212 g/mol. The summed E-state index contributed by atoms with van der Waals surface area (Å²) in [6.45, 7) is 3.92. The summed E-state index contributed by atoms with van der Waals surface area (Å²) < 4.78 is 5.52. The zero-order chi connectivity index (χ0) is 10.5. The molecule has 1 heterocycles. The molecule has 1 saturated heterocycles. The van der Waals surface area contributed by atoms with Crippen LogP contribution in [0.3, 0.4) is 0 Å². The van der Waals surface area contributed by atoms with Crippen molar-refractivity contribution in [2.24, 2.45) is 0 Å². The maximum Gasteiger partial charge on any atom is 0.248 e. The molecule has 1 saturated carbocycles. The minimum Gasteiger partial charge on any atom is -0.368 e. The van der Waals surface area contributed by atoms with Gasteiger partial charge >= 0.3 is 0 Å². The molecule has 0 unspecified atom stereocenters. The molecule has 0 bridgehead atoms. The van der Waals surface area contributed by atoms with Crippen LogP contribution in [-0.4, -0.2) is 49.7 Å². The first-order valence-electron chi connectivity index (χ1n) is 5.96. The molecule has 0 radical (unpaired) electrons. The topological polar surface area (TPSA) is 41.6 Å². The van der Waals surface area contributed by atoms with Crippen molar-refractivity contribution >= 4 is 5.91 Å². The van der Waals surface area contributed by atoms with E-state index in [9.17, 15) is 4.79 Å². The van der Waals surface area contributed by atoms with Crippen LogP contribution in [-0.2, 0) is 9.53 Å². The second kappa shape index (κ2) is 5.47. The van der Waals surface area contributed by atoms with Crippen molar-refractivity contribution in [3.05, 3.63) is 0 Å². The summed E-state index contributed by atoms with van der Waals surface area (Å²) in [5.74, 6) is 0.158. The normalized spacial score (nSPS) is 23.3. The Morgan fingerprint density at radius 2 is 2.13 bits per heavy atom. The van der Waals surface area contributed by atoms with Gasteiger partial charge < -0.3 is 15.0 Å². The minimum absolute atomic E-state index is 0.158. The predicted octanol–water partition coefficient (Wildman–Crippen LogP) is 0.377. The highest BCUT2D eigenvalue weighted by atomic mass is 16.5. The van der Waals surface area contributed by atoms with E-state index >= 15 is 0 Å². The molecule has 1 amide bonds. The standard InChI is InChI=1S/C11H20N2O2/c14-11(9-15-10-3-1-4-10)13-7-2-5-12-6-8-13/h10,12H,1-9H2. The molecule has 2 rings (SSSR count). The lowest BCUT2D eigenvalue weighted by atomic mass is 9.96. The number of nitrogens with one attached hydrogen (secondary N) is 1. The van der Waals surface area contributed by atoms with Crippen molar-refractivity contribution < 1.29 is 9.53 Å². The largest absolute Gasteiger partial charge is 0.368 e. The number of carbonyl (C=O) groups excluding carboxylic acids is 1. The van der Waals surface area contributed by atoms with Crippen LogP contribution in [0.1, 0.15) is 25.7 Å². The first-order valence-corrected chi connectivity index (χ1v) is 5.96. The molecule has 15 heavy (non-hydrogen) atoms. The Labute approximate surface area is 91.0 Å². The van der Waals surface area contributed by atoms with Crippen molar-refractivity contribution in [3.63, 3.8) is 0 Å². The van der Waals surface area contributed by atoms with Crippen LogP contribution < -0.4 is 5.32 Å². The molecular weight excluding hydrogens is 192 g/mol. The zero-order valence-electron chi connectivity index (χ0n) is 9.21. The van der Waals surface area contributed by atoms with Crippen LogP contribution in [0.2, 0.25) is 0 Å². The first kappa shape index (κ1) is 10.9. The molecule has 4 heteroatoms. The van der Waals surface area contributed by atoms with Gasteiger partial charge in [0.2, 0.25) is 5.91 Å². The number of hydrogen-bond donors (Lipinski definition) is 1. The second-order valence-electron chi connectivity index (χ2n) is 4.35. The van der Waals surface area contributed by atoms with Gasteiger partial charge in [0.05, 0.1) is 6.10 Å². The smallest absolute Gasteiger partial charge is 0.248 e. The third kappa shape index (κ3) is 3.18. The molecule has 86 valence electrons. The fourth-order valence-electron chi connectivity index (χ4n) is 1.91. The number of amides is 1. The van der Waals surface area contributed by atoms with Gasteiger partial charge in [0.25, 0.3) is 0 Å². The Morgan fingerprint density at radius 3 is 2.87 bits per heavy atom. The molecule has 0 atom stereocenters. The molecule has 0 aromatic carbocycles.